The fourth-order valence-electron chi connectivity index (χ4n) is 2.01. The third-order valence-electron chi connectivity index (χ3n) is 3.12. The van der Waals surface area contributed by atoms with Gasteiger partial charge in [-0.2, -0.15) is 0 Å². The Labute approximate surface area is 138 Å². The van der Waals surface area contributed by atoms with E-state index in [0.29, 0.717) is 10.9 Å². The molecule has 120 valence electrons. The van der Waals surface area contributed by atoms with E-state index in [2.05, 4.69) is 16.2 Å². The average molecular weight is 349 g/mol. The second-order valence-corrected chi connectivity index (χ2v) is 7.27. The zero-order valence-corrected chi connectivity index (χ0v) is 13.6. The van der Waals surface area contributed by atoms with Crippen molar-refractivity contribution in [1.82, 2.24) is 11.1 Å². The number of hydrogen-bond donors (Lipinski definition) is 3. The highest BCUT2D eigenvalue weighted by atomic mass is 32.2. The number of thioether (sulfide) groups is 1. The summed E-state index contributed by atoms with van der Waals surface area (Å²) in [6.07, 6.45) is 0. The number of rotatable bonds is 4. The number of hydrazine groups is 2. The molecule has 3 rings (SSSR count). The Bertz CT molecular complexity index is 824. The number of hydrogen-bond acceptors (Lipinski definition) is 7. The first-order valence-electron chi connectivity index (χ1n) is 6.72. The summed E-state index contributed by atoms with van der Waals surface area (Å²) in [5.41, 5.74) is 7.34. The zero-order chi connectivity index (χ0) is 16.3. The number of sulfonamides is 1. The van der Waals surface area contributed by atoms with Gasteiger partial charge in [0, 0.05) is 5.75 Å². The van der Waals surface area contributed by atoms with Crippen molar-refractivity contribution in [1.29, 1.82) is 0 Å². The fourth-order valence-corrected chi connectivity index (χ4v) is 3.45. The van der Waals surface area contributed by atoms with Gasteiger partial charge in [-0.1, -0.05) is 48.2 Å². The Morgan fingerprint density at radius 3 is 2.65 bits per heavy atom. The second kappa shape index (κ2) is 6.59. The summed E-state index contributed by atoms with van der Waals surface area (Å²) in [5.74, 6) is 0.744. The average Bonchev–Trinajstić information content (AvgIpc) is 3.02. The highest BCUT2D eigenvalue weighted by Gasteiger charge is 2.20. The third kappa shape index (κ3) is 3.82. The molecule has 0 radical (unpaired) electrons. The molecular formula is C14H15N5O2S2. The largest absolute Gasteiger partial charge is 0.238 e. The number of hydrazone groups is 1. The highest BCUT2D eigenvalue weighted by Crippen LogP contribution is 2.24. The molecule has 0 spiro atoms. The lowest BCUT2D eigenvalue weighted by Crippen LogP contribution is -2.40. The molecule has 9 heteroatoms. The number of amidine groups is 1. The Kier molecular flexibility index (Phi) is 4.53. The van der Waals surface area contributed by atoms with Crippen molar-refractivity contribution >= 4 is 32.6 Å². The molecule has 2 aromatic rings. The summed E-state index contributed by atoms with van der Waals surface area (Å²) in [7, 11) is -3.75. The Hall–Kier alpha value is -2.07. The van der Waals surface area contributed by atoms with Gasteiger partial charge in [-0.05, 0) is 23.8 Å². The van der Waals surface area contributed by atoms with Crippen LogP contribution < -0.4 is 21.2 Å². The van der Waals surface area contributed by atoms with Crippen LogP contribution >= 0.6 is 11.8 Å². The van der Waals surface area contributed by atoms with E-state index in [1.807, 2.05) is 30.3 Å². The standard InChI is InChI=1S/C14H15N5O2S2/c15-23(20,21)13-8-4-7-12(9-13)19-14(16-17-18-19)22-10-11-5-2-1-3-6-11/h1-9,17-18H,10H2,(H2,15,20,21). The molecule has 0 unspecified atom stereocenters. The van der Waals surface area contributed by atoms with Crippen LogP contribution in [-0.4, -0.2) is 13.6 Å². The minimum absolute atomic E-state index is 0.0520. The molecule has 7 nitrogen and oxygen atoms in total. The minimum Gasteiger partial charge on any atom is -0.233 e. The molecule has 0 atom stereocenters. The first-order valence-corrected chi connectivity index (χ1v) is 9.25. The summed E-state index contributed by atoms with van der Waals surface area (Å²) >= 11 is 1.52. The zero-order valence-electron chi connectivity index (χ0n) is 12.0. The van der Waals surface area contributed by atoms with Crippen molar-refractivity contribution in [3.05, 3.63) is 60.2 Å². The van der Waals surface area contributed by atoms with E-state index < -0.39 is 10.0 Å². The number of anilines is 1. The van der Waals surface area contributed by atoms with Crippen LogP contribution in [0.15, 0.2) is 64.6 Å². The lowest BCUT2D eigenvalue weighted by molar-refractivity contribution is 0.597. The van der Waals surface area contributed by atoms with E-state index >= 15 is 0 Å². The van der Waals surface area contributed by atoms with Crippen molar-refractivity contribution in [3.8, 4) is 0 Å². The van der Waals surface area contributed by atoms with E-state index in [1.165, 1.54) is 29.5 Å². The quantitative estimate of drug-likeness (QED) is 0.771. The van der Waals surface area contributed by atoms with Crippen LogP contribution in [0, 0.1) is 0 Å². The van der Waals surface area contributed by atoms with Gasteiger partial charge in [0.1, 0.15) is 0 Å². The van der Waals surface area contributed by atoms with E-state index in [9.17, 15) is 8.42 Å². The Morgan fingerprint density at radius 1 is 1.13 bits per heavy atom. The molecule has 0 saturated carbocycles. The maximum atomic E-state index is 11.5. The van der Waals surface area contributed by atoms with Crippen LogP contribution in [0.1, 0.15) is 5.56 Å². The van der Waals surface area contributed by atoms with E-state index in [-0.39, 0.29) is 4.90 Å². The number of primary sulfonamides is 1. The van der Waals surface area contributed by atoms with Crippen molar-refractivity contribution in [3.63, 3.8) is 0 Å². The molecule has 4 N–H and O–H groups in total. The van der Waals surface area contributed by atoms with Crippen LogP contribution in [0.2, 0.25) is 0 Å². The first-order chi connectivity index (χ1) is 11.0. The molecule has 0 bridgehead atoms. The normalized spacial score (nSPS) is 14.5. The van der Waals surface area contributed by atoms with Crippen molar-refractivity contribution in [2.45, 2.75) is 10.6 Å². The van der Waals surface area contributed by atoms with Crippen molar-refractivity contribution in [2.24, 2.45) is 10.2 Å². The van der Waals surface area contributed by atoms with Crippen LogP contribution in [-0.2, 0) is 15.8 Å². The molecule has 0 aliphatic carbocycles. The summed E-state index contributed by atoms with van der Waals surface area (Å²) in [4.78, 5) is 0.0520. The molecule has 1 aliphatic rings. The summed E-state index contributed by atoms with van der Waals surface area (Å²) in [6.45, 7) is 0. The highest BCUT2D eigenvalue weighted by molar-refractivity contribution is 8.13. The topological polar surface area (TPSA) is 99.8 Å². The summed E-state index contributed by atoms with van der Waals surface area (Å²) in [6, 6.07) is 16.4. The van der Waals surface area contributed by atoms with Crippen molar-refractivity contribution in [2.75, 3.05) is 5.01 Å². The molecule has 0 saturated heterocycles. The SMILES string of the molecule is NS(=O)(=O)c1cccc(N2NNN=C2SCc2ccccc2)c1. The number of nitrogens with two attached hydrogens (primary N) is 1. The smallest absolute Gasteiger partial charge is 0.233 e. The van der Waals surface area contributed by atoms with Gasteiger partial charge in [0.2, 0.25) is 15.2 Å². The molecule has 2 aromatic carbocycles. The predicted octanol–water partition coefficient (Wildman–Crippen LogP) is 1.37. The Morgan fingerprint density at radius 2 is 1.91 bits per heavy atom. The first kappa shape index (κ1) is 15.8. The van der Waals surface area contributed by atoms with Crippen LogP contribution in [0.25, 0.3) is 0 Å². The van der Waals surface area contributed by atoms with Crippen LogP contribution in [0.3, 0.4) is 0 Å². The number of benzene rings is 2. The maximum Gasteiger partial charge on any atom is 0.238 e. The van der Waals surface area contributed by atoms with Gasteiger partial charge in [-0.3, -0.25) is 0 Å². The minimum atomic E-state index is -3.75. The molecule has 0 amide bonds. The monoisotopic (exact) mass is 349 g/mol. The van der Waals surface area contributed by atoms with Gasteiger partial charge in [-0.15, -0.1) is 10.6 Å². The summed E-state index contributed by atoms with van der Waals surface area (Å²) in [5, 5.41) is 11.7. The number of nitrogens with one attached hydrogen (secondary N) is 2. The lowest BCUT2D eigenvalue weighted by atomic mass is 10.2. The Balaban J connectivity index is 1.76. The molecule has 0 aromatic heterocycles. The summed E-state index contributed by atoms with van der Waals surface area (Å²) < 4.78 is 23.0. The van der Waals surface area contributed by atoms with E-state index in [4.69, 9.17) is 5.14 Å². The number of nitrogens with zero attached hydrogens (tertiary/aromatic N) is 2. The van der Waals surface area contributed by atoms with E-state index in [1.54, 1.807) is 17.1 Å². The molecule has 23 heavy (non-hydrogen) atoms. The fraction of sp³-hybridized carbons (Fsp3) is 0.0714. The van der Waals surface area contributed by atoms with Gasteiger partial charge in [0.05, 0.1) is 10.6 Å². The molecule has 1 heterocycles. The maximum absolute atomic E-state index is 11.5. The van der Waals surface area contributed by atoms with E-state index in [0.717, 1.165) is 5.75 Å². The van der Waals surface area contributed by atoms with Gasteiger partial charge in [0.25, 0.3) is 0 Å². The van der Waals surface area contributed by atoms with Gasteiger partial charge in [0.15, 0.2) is 0 Å². The molecule has 1 aliphatic heterocycles. The van der Waals surface area contributed by atoms with Crippen molar-refractivity contribution < 1.29 is 8.42 Å². The van der Waals surface area contributed by atoms with Gasteiger partial charge >= 0.3 is 0 Å². The van der Waals surface area contributed by atoms with Gasteiger partial charge in [-0.25, -0.2) is 24.1 Å². The molecular weight excluding hydrogens is 334 g/mol. The van der Waals surface area contributed by atoms with Crippen LogP contribution in [0.4, 0.5) is 5.69 Å². The predicted molar refractivity (Wildman–Crippen MR) is 91.7 cm³/mol. The second-order valence-electron chi connectivity index (χ2n) is 4.77. The third-order valence-corrected chi connectivity index (χ3v) is 5.04. The lowest BCUT2D eigenvalue weighted by Gasteiger charge is -2.18. The van der Waals surface area contributed by atoms with Gasteiger partial charge < -0.3 is 0 Å². The molecule has 0 fully saturated rings. The van der Waals surface area contributed by atoms with Crippen LogP contribution in [0.5, 0.6) is 0 Å².